The number of nitrogens with zero attached hydrogens (tertiary/aromatic N) is 1. The van der Waals surface area contributed by atoms with Gasteiger partial charge < -0.3 is 10.3 Å². The number of fused-ring (bicyclic) bond motifs is 3. The van der Waals surface area contributed by atoms with E-state index in [-0.39, 0.29) is 17.6 Å². The standard InChI is InChI=1S/C19H23N3OS2/c1-10-6-7-13-15(9-10)25-19-16(13)18(23)21-17(22-19)12(3)20-11(2)14-5-4-8-24-14/h4-5,8,10-12,20H,6-7,9H2,1-3H3,(H,21,22,23)/t10-,11-,12+/m0/s1. The molecule has 4 rings (SSSR count). The van der Waals surface area contributed by atoms with E-state index in [1.165, 1.54) is 15.3 Å². The normalized spacial score (nSPS) is 19.7. The summed E-state index contributed by atoms with van der Waals surface area (Å²) in [6.07, 6.45) is 3.24. The van der Waals surface area contributed by atoms with E-state index in [1.807, 2.05) is 0 Å². The van der Waals surface area contributed by atoms with Gasteiger partial charge in [-0.2, -0.15) is 0 Å². The summed E-state index contributed by atoms with van der Waals surface area (Å²) in [5.41, 5.74) is 1.26. The first-order chi connectivity index (χ1) is 12.0. The maximum absolute atomic E-state index is 12.7. The SMILES string of the molecule is C[C@H]1CCc2c(sc3nc([C@@H](C)N[C@@H](C)c4cccs4)[nH]c(=O)c23)C1. The number of thiophene rings is 2. The Labute approximate surface area is 155 Å². The average molecular weight is 374 g/mol. The summed E-state index contributed by atoms with van der Waals surface area (Å²) < 4.78 is 0. The van der Waals surface area contributed by atoms with E-state index in [1.54, 1.807) is 22.7 Å². The van der Waals surface area contributed by atoms with Crippen molar-refractivity contribution >= 4 is 32.9 Å². The van der Waals surface area contributed by atoms with Crippen LogP contribution in [0.15, 0.2) is 22.3 Å². The molecule has 3 heterocycles. The molecule has 0 fully saturated rings. The summed E-state index contributed by atoms with van der Waals surface area (Å²) in [6.45, 7) is 6.49. The number of aromatic nitrogens is 2. The number of aromatic amines is 1. The largest absolute Gasteiger partial charge is 0.309 e. The van der Waals surface area contributed by atoms with Gasteiger partial charge in [-0.1, -0.05) is 13.0 Å². The van der Waals surface area contributed by atoms with E-state index in [9.17, 15) is 4.79 Å². The van der Waals surface area contributed by atoms with E-state index in [2.05, 4.69) is 48.6 Å². The first-order valence-electron chi connectivity index (χ1n) is 8.87. The minimum absolute atomic E-state index is 0.00717. The molecule has 1 aliphatic rings. The number of nitrogens with one attached hydrogen (secondary N) is 2. The van der Waals surface area contributed by atoms with E-state index in [0.29, 0.717) is 5.92 Å². The zero-order chi connectivity index (χ0) is 17.6. The van der Waals surface area contributed by atoms with E-state index >= 15 is 0 Å². The fourth-order valence-electron chi connectivity index (χ4n) is 3.64. The summed E-state index contributed by atoms with van der Waals surface area (Å²) >= 11 is 3.45. The van der Waals surface area contributed by atoms with Crippen LogP contribution in [0, 0.1) is 5.92 Å². The maximum Gasteiger partial charge on any atom is 0.259 e. The molecule has 0 aliphatic heterocycles. The molecule has 3 atom stereocenters. The van der Waals surface area contributed by atoms with Crippen LogP contribution < -0.4 is 10.9 Å². The van der Waals surface area contributed by atoms with Gasteiger partial charge in [0, 0.05) is 15.8 Å². The van der Waals surface area contributed by atoms with Crippen LogP contribution in [0.5, 0.6) is 0 Å². The highest BCUT2D eigenvalue weighted by Crippen LogP contribution is 2.36. The van der Waals surface area contributed by atoms with E-state index in [0.717, 1.165) is 35.3 Å². The van der Waals surface area contributed by atoms with Crippen molar-refractivity contribution in [2.75, 3.05) is 0 Å². The predicted molar refractivity (Wildman–Crippen MR) is 106 cm³/mol. The molecule has 2 N–H and O–H groups in total. The fraction of sp³-hybridized carbons (Fsp3) is 0.474. The Kier molecular flexibility index (Phi) is 4.52. The third kappa shape index (κ3) is 3.18. The van der Waals surface area contributed by atoms with Crippen molar-refractivity contribution in [2.24, 2.45) is 5.92 Å². The van der Waals surface area contributed by atoms with Crippen LogP contribution in [0.2, 0.25) is 0 Å². The van der Waals surface area contributed by atoms with E-state index in [4.69, 9.17) is 4.98 Å². The maximum atomic E-state index is 12.7. The van der Waals surface area contributed by atoms with Gasteiger partial charge in [0.15, 0.2) is 0 Å². The van der Waals surface area contributed by atoms with Gasteiger partial charge in [0.25, 0.3) is 5.56 Å². The van der Waals surface area contributed by atoms with Gasteiger partial charge in [-0.15, -0.1) is 22.7 Å². The number of rotatable bonds is 4. The van der Waals surface area contributed by atoms with Gasteiger partial charge in [0.1, 0.15) is 10.7 Å². The molecule has 0 unspecified atom stereocenters. The molecule has 25 heavy (non-hydrogen) atoms. The first-order valence-corrected chi connectivity index (χ1v) is 10.6. The van der Waals surface area contributed by atoms with Crippen LogP contribution in [0.25, 0.3) is 10.2 Å². The van der Waals surface area contributed by atoms with Crippen molar-refractivity contribution < 1.29 is 0 Å². The van der Waals surface area contributed by atoms with Crippen molar-refractivity contribution in [2.45, 2.75) is 52.1 Å². The third-order valence-electron chi connectivity index (χ3n) is 5.06. The third-order valence-corrected chi connectivity index (χ3v) is 7.27. The van der Waals surface area contributed by atoms with Crippen molar-refractivity contribution in [1.82, 2.24) is 15.3 Å². The molecule has 3 aromatic rings. The molecule has 132 valence electrons. The molecule has 0 spiro atoms. The van der Waals surface area contributed by atoms with Crippen LogP contribution in [-0.4, -0.2) is 9.97 Å². The Morgan fingerprint density at radius 2 is 2.20 bits per heavy atom. The fourth-order valence-corrected chi connectivity index (χ4v) is 5.78. The Morgan fingerprint density at radius 1 is 1.36 bits per heavy atom. The van der Waals surface area contributed by atoms with Gasteiger partial charge >= 0.3 is 0 Å². The van der Waals surface area contributed by atoms with Gasteiger partial charge in [0.05, 0.1) is 11.4 Å². The van der Waals surface area contributed by atoms with Crippen LogP contribution in [-0.2, 0) is 12.8 Å². The summed E-state index contributed by atoms with van der Waals surface area (Å²) in [6, 6.07) is 4.41. The Morgan fingerprint density at radius 3 is 2.96 bits per heavy atom. The van der Waals surface area contributed by atoms with Gasteiger partial charge in [0.2, 0.25) is 0 Å². The van der Waals surface area contributed by atoms with Gasteiger partial charge in [-0.05, 0) is 56.0 Å². The summed E-state index contributed by atoms with van der Waals surface area (Å²) in [4.78, 5) is 24.1. The molecule has 0 bridgehead atoms. The van der Waals surface area contributed by atoms with Crippen LogP contribution in [0.3, 0.4) is 0 Å². The lowest BCUT2D eigenvalue weighted by atomic mass is 9.89. The molecule has 3 aromatic heterocycles. The van der Waals surface area contributed by atoms with Crippen LogP contribution >= 0.6 is 22.7 Å². The first kappa shape index (κ1) is 16.9. The topological polar surface area (TPSA) is 57.8 Å². The van der Waals surface area contributed by atoms with Gasteiger partial charge in [-0.3, -0.25) is 4.79 Å². The zero-order valence-corrected chi connectivity index (χ0v) is 16.4. The number of hydrogen-bond acceptors (Lipinski definition) is 5. The summed E-state index contributed by atoms with van der Waals surface area (Å²) in [5.74, 6) is 1.43. The zero-order valence-electron chi connectivity index (χ0n) is 14.8. The minimum atomic E-state index is -0.00717. The highest BCUT2D eigenvalue weighted by atomic mass is 32.1. The molecule has 1 aliphatic carbocycles. The average Bonchev–Trinajstić information content (AvgIpc) is 3.21. The van der Waals surface area contributed by atoms with Crippen molar-refractivity contribution in [3.8, 4) is 0 Å². The van der Waals surface area contributed by atoms with E-state index < -0.39 is 0 Å². The van der Waals surface area contributed by atoms with Crippen molar-refractivity contribution in [1.29, 1.82) is 0 Å². The molecular weight excluding hydrogens is 350 g/mol. The smallest absolute Gasteiger partial charge is 0.259 e. The Balaban J connectivity index is 1.65. The predicted octanol–water partition coefficient (Wildman–Crippen LogP) is 4.58. The highest BCUT2D eigenvalue weighted by Gasteiger charge is 2.24. The van der Waals surface area contributed by atoms with Crippen LogP contribution in [0.1, 0.15) is 60.4 Å². The monoisotopic (exact) mass is 373 g/mol. The summed E-state index contributed by atoms with van der Waals surface area (Å²) in [7, 11) is 0. The summed E-state index contributed by atoms with van der Waals surface area (Å²) in [5, 5.41) is 6.45. The molecule has 0 saturated heterocycles. The molecular formula is C19H23N3OS2. The lowest BCUT2D eigenvalue weighted by molar-refractivity contribution is 0.481. The molecule has 0 radical (unpaired) electrons. The molecule has 0 amide bonds. The quantitative estimate of drug-likeness (QED) is 0.703. The molecule has 4 nitrogen and oxygen atoms in total. The molecule has 0 aromatic carbocycles. The van der Waals surface area contributed by atoms with Crippen molar-refractivity contribution in [3.05, 3.63) is 49.0 Å². The van der Waals surface area contributed by atoms with Crippen molar-refractivity contribution in [3.63, 3.8) is 0 Å². The van der Waals surface area contributed by atoms with Gasteiger partial charge in [-0.25, -0.2) is 4.98 Å². The Bertz CT molecular complexity index is 942. The second-order valence-electron chi connectivity index (χ2n) is 7.11. The molecule has 0 saturated carbocycles. The minimum Gasteiger partial charge on any atom is -0.309 e. The second-order valence-corrected chi connectivity index (χ2v) is 9.17. The Hall–Kier alpha value is -1.50. The second kappa shape index (κ2) is 6.67. The number of hydrogen-bond donors (Lipinski definition) is 2. The van der Waals surface area contributed by atoms with Crippen LogP contribution in [0.4, 0.5) is 0 Å². The highest BCUT2D eigenvalue weighted by molar-refractivity contribution is 7.18. The number of H-pyrrole nitrogens is 1. The number of aryl methyl sites for hydroxylation is 1. The molecule has 6 heteroatoms. The lowest BCUT2D eigenvalue weighted by Gasteiger charge is -2.18. The lowest BCUT2D eigenvalue weighted by Crippen LogP contribution is -2.26.